The van der Waals surface area contributed by atoms with Crippen molar-refractivity contribution in [2.45, 2.75) is 13.8 Å². The highest BCUT2D eigenvalue weighted by Crippen LogP contribution is 2.24. The molecule has 0 aromatic heterocycles. The van der Waals surface area contributed by atoms with Crippen LogP contribution in [0.15, 0.2) is 24.4 Å². The van der Waals surface area contributed by atoms with Crippen LogP contribution in [0, 0.1) is 10.1 Å². The first kappa shape index (κ1) is 13.0. The van der Waals surface area contributed by atoms with Gasteiger partial charge in [0.1, 0.15) is 11.5 Å². The van der Waals surface area contributed by atoms with E-state index in [0.29, 0.717) is 30.3 Å². The highest BCUT2D eigenvalue weighted by Gasteiger charge is 2.01. The predicted molar refractivity (Wildman–Crippen MR) is 64.8 cm³/mol. The van der Waals surface area contributed by atoms with E-state index in [1.807, 2.05) is 13.8 Å². The van der Waals surface area contributed by atoms with Gasteiger partial charge in [-0.15, -0.1) is 0 Å². The van der Waals surface area contributed by atoms with E-state index >= 15 is 0 Å². The minimum absolute atomic E-state index is 0.506. The third-order valence-corrected chi connectivity index (χ3v) is 1.91. The van der Waals surface area contributed by atoms with Crippen LogP contribution < -0.4 is 9.47 Å². The Balaban J connectivity index is 2.98. The van der Waals surface area contributed by atoms with E-state index in [1.165, 1.54) is 6.08 Å². The first-order chi connectivity index (χ1) is 8.15. The summed E-state index contributed by atoms with van der Waals surface area (Å²) in [5.41, 5.74) is 0.677. The van der Waals surface area contributed by atoms with E-state index in [-0.39, 0.29) is 0 Å². The maximum absolute atomic E-state index is 10.3. The molecular formula is C12H15NO4. The van der Waals surface area contributed by atoms with E-state index in [2.05, 4.69) is 0 Å². The molecule has 0 unspecified atom stereocenters. The van der Waals surface area contributed by atoms with Crippen LogP contribution in [0.2, 0.25) is 0 Å². The Morgan fingerprint density at radius 1 is 1.18 bits per heavy atom. The summed E-state index contributed by atoms with van der Waals surface area (Å²) in [6, 6.07) is 5.22. The van der Waals surface area contributed by atoms with Crippen molar-refractivity contribution < 1.29 is 14.4 Å². The van der Waals surface area contributed by atoms with E-state index in [1.54, 1.807) is 18.2 Å². The van der Waals surface area contributed by atoms with Gasteiger partial charge >= 0.3 is 0 Å². The summed E-state index contributed by atoms with van der Waals surface area (Å²) in [6.07, 6.45) is 2.30. The fraction of sp³-hybridized carbons (Fsp3) is 0.333. The van der Waals surface area contributed by atoms with Gasteiger partial charge in [-0.3, -0.25) is 10.1 Å². The summed E-state index contributed by atoms with van der Waals surface area (Å²) < 4.78 is 10.7. The van der Waals surface area contributed by atoms with Gasteiger partial charge in [0.05, 0.1) is 18.1 Å². The third kappa shape index (κ3) is 4.55. The number of rotatable bonds is 6. The number of hydrogen-bond donors (Lipinski definition) is 0. The molecule has 0 aliphatic rings. The smallest absolute Gasteiger partial charge is 0.235 e. The molecule has 1 aromatic rings. The van der Waals surface area contributed by atoms with Crippen molar-refractivity contribution in [3.05, 3.63) is 40.1 Å². The fourth-order valence-corrected chi connectivity index (χ4v) is 1.34. The van der Waals surface area contributed by atoms with Crippen molar-refractivity contribution in [2.75, 3.05) is 13.2 Å². The highest BCUT2D eigenvalue weighted by molar-refractivity contribution is 5.54. The monoisotopic (exact) mass is 237 g/mol. The van der Waals surface area contributed by atoms with Crippen molar-refractivity contribution in [1.29, 1.82) is 0 Å². The zero-order valence-corrected chi connectivity index (χ0v) is 9.88. The van der Waals surface area contributed by atoms with Gasteiger partial charge in [-0.2, -0.15) is 0 Å². The summed E-state index contributed by atoms with van der Waals surface area (Å²) in [6.45, 7) is 4.82. The molecule has 1 rings (SSSR count). The molecule has 5 nitrogen and oxygen atoms in total. The molecule has 92 valence electrons. The fourth-order valence-electron chi connectivity index (χ4n) is 1.34. The molecule has 0 saturated carbocycles. The van der Waals surface area contributed by atoms with E-state index < -0.39 is 4.92 Å². The van der Waals surface area contributed by atoms with Gasteiger partial charge in [0.25, 0.3) is 0 Å². The molecule has 0 aliphatic carbocycles. The predicted octanol–water partition coefficient (Wildman–Crippen LogP) is 2.73. The summed E-state index contributed by atoms with van der Waals surface area (Å²) in [4.78, 5) is 9.74. The lowest BCUT2D eigenvalue weighted by atomic mass is 10.2. The van der Waals surface area contributed by atoms with Crippen molar-refractivity contribution in [1.82, 2.24) is 0 Å². The minimum Gasteiger partial charge on any atom is -0.494 e. The normalized spacial score (nSPS) is 10.5. The van der Waals surface area contributed by atoms with Gasteiger partial charge in [-0.05, 0) is 31.5 Å². The number of benzene rings is 1. The molecule has 0 fully saturated rings. The molecular weight excluding hydrogens is 222 g/mol. The Kier molecular flexibility index (Phi) is 5.00. The SMILES string of the molecule is CCOc1cc(/C=C/[N+](=O)[O-])cc(OCC)c1. The average molecular weight is 237 g/mol. The zero-order chi connectivity index (χ0) is 12.7. The molecule has 0 amide bonds. The zero-order valence-electron chi connectivity index (χ0n) is 9.88. The van der Waals surface area contributed by atoms with Gasteiger partial charge in [-0.25, -0.2) is 0 Å². The molecule has 0 spiro atoms. The van der Waals surface area contributed by atoms with Crippen LogP contribution in [0.4, 0.5) is 0 Å². The Morgan fingerprint density at radius 3 is 2.12 bits per heavy atom. The van der Waals surface area contributed by atoms with Gasteiger partial charge in [0.2, 0.25) is 6.20 Å². The van der Waals surface area contributed by atoms with Crippen molar-refractivity contribution in [3.8, 4) is 11.5 Å². The first-order valence-electron chi connectivity index (χ1n) is 5.38. The van der Waals surface area contributed by atoms with Crippen LogP contribution >= 0.6 is 0 Å². The molecule has 0 heterocycles. The van der Waals surface area contributed by atoms with Crippen LogP contribution in [-0.4, -0.2) is 18.1 Å². The lowest BCUT2D eigenvalue weighted by Gasteiger charge is -2.08. The lowest BCUT2D eigenvalue weighted by molar-refractivity contribution is -0.400. The third-order valence-electron chi connectivity index (χ3n) is 1.91. The first-order valence-corrected chi connectivity index (χ1v) is 5.38. The standard InChI is InChI=1S/C12H15NO4/c1-3-16-11-7-10(5-6-13(14)15)8-12(9-11)17-4-2/h5-9H,3-4H2,1-2H3/b6-5+. The van der Waals surface area contributed by atoms with Gasteiger partial charge in [0.15, 0.2) is 0 Å². The molecule has 0 saturated heterocycles. The Labute approximate surface area is 99.8 Å². The topological polar surface area (TPSA) is 61.6 Å². The van der Waals surface area contributed by atoms with Crippen molar-refractivity contribution >= 4 is 6.08 Å². The summed E-state index contributed by atoms with van der Waals surface area (Å²) >= 11 is 0. The molecule has 0 atom stereocenters. The van der Waals surface area contributed by atoms with Gasteiger partial charge in [-0.1, -0.05) is 0 Å². The summed E-state index contributed by atoms with van der Waals surface area (Å²) in [5, 5.41) is 10.3. The highest BCUT2D eigenvalue weighted by atomic mass is 16.6. The van der Waals surface area contributed by atoms with E-state index in [4.69, 9.17) is 9.47 Å². The average Bonchev–Trinajstić information content (AvgIpc) is 2.27. The molecule has 5 heteroatoms. The van der Waals surface area contributed by atoms with E-state index in [0.717, 1.165) is 6.20 Å². The van der Waals surface area contributed by atoms with Crippen molar-refractivity contribution in [3.63, 3.8) is 0 Å². The number of nitrogens with zero attached hydrogens (tertiary/aromatic N) is 1. The second kappa shape index (κ2) is 6.52. The van der Waals surface area contributed by atoms with Crippen molar-refractivity contribution in [2.24, 2.45) is 0 Å². The molecule has 0 radical (unpaired) electrons. The molecule has 17 heavy (non-hydrogen) atoms. The maximum Gasteiger partial charge on any atom is 0.235 e. The number of ether oxygens (including phenoxy) is 2. The Bertz CT molecular complexity index is 391. The molecule has 0 N–H and O–H groups in total. The minimum atomic E-state index is -0.506. The second-order valence-electron chi connectivity index (χ2n) is 3.20. The van der Waals surface area contributed by atoms with Crippen LogP contribution in [0.1, 0.15) is 19.4 Å². The molecule has 1 aromatic carbocycles. The summed E-state index contributed by atoms with van der Waals surface area (Å²) in [5.74, 6) is 1.28. The molecule has 0 aliphatic heterocycles. The van der Waals surface area contributed by atoms with Crippen LogP contribution in [0.3, 0.4) is 0 Å². The Morgan fingerprint density at radius 2 is 1.71 bits per heavy atom. The van der Waals surface area contributed by atoms with E-state index in [9.17, 15) is 10.1 Å². The quantitative estimate of drug-likeness (QED) is 0.563. The molecule has 0 bridgehead atoms. The second-order valence-corrected chi connectivity index (χ2v) is 3.20. The van der Waals surface area contributed by atoms with Gasteiger partial charge < -0.3 is 9.47 Å². The maximum atomic E-state index is 10.3. The summed E-state index contributed by atoms with van der Waals surface area (Å²) in [7, 11) is 0. The Hall–Kier alpha value is -2.04. The largest absolute Gasteiger partial charge is 0.494 e. The lowest BCUT2D eigenvalue weighted by Crippen LogP contribution is -1.96. The van der Waals surface area contributed by atoms with Gasteiger partial charge in [0, 0.05) is 12.1 Å². The number of nitro groups is 1. The van der Waals surface area contributed by atoms with Crippen LogP contribution in [0.25, 0.3) is 6.08 Å². The van der Waals surface area contributed by atoms with Crippen LogP contribution in [-0.2, 0) is 0 Å². The van der Waals surface area contributed by atoms with Crippen LogP contribution in [0.5, 0.6) is 11.5 Å². The number of hydrogen-bond acceptors (Lipinski definition) is 4.